The van der Waals surface area contributed by atoms with Crippen molar-refractivity contribution in [3.63, 3.8) is 0 Å². The molecule has 1 fully saturated rings. The molecular weight excluding hydrogens is 316 g/mol. The maximum Gasteiger partial charge on any atom is 0.226 e. The van der Waals surface area contributed by atoms with Gasteiger partial charge in [0.25, 0.3) is 0 Å². The predicted molar refractivity (Wildman–Crippen MR) is 89.0 cm³/mol. The standard InChI is InChI=1S/C15H21ClN6O/c1-8(2)19-14(23)9-3-5-10(6-4-9)22-7-18-11-12(17)20-15(16)21-13(11)22/h7-10H,3-6H2,1-2H3,(H,19,23)(H2,17,20,21). The van der Waals surface area contributed by atoms with Crippen LogP contribution in [0.25, 0.3) is 11.2 Å². The van der Waals surface area contributed by atoms with Crippen molar-refractivity contribution < 1.29 is 4.79 Å². The number of imidazole rings is 1. The second-order valence-corrected chi connectivity index (χ2v) is 6.71. The van der Waals surface area contributed by atoms with E-state index in [2.05, 4.69) is 20.3 Å². The summed E-state index contributed by atoms with van der Waals surface area (Å²) in [7, 11) is 0. The number of nitrogens with two attached hydrogens (primary N) is 1. The molecule has 1 saturated carbocycles. The second-order valence-electron chi connectivity index (χ2n) is 6.37. The monoisotopic (exact) mass is 336 g/mol. The van der Waals surface area contributed by atoms with E-state index in [0.29, 0.717) is 17.0 Å². The normalized spacial score (nSPS) is 21.7. The zero-order valence-electron chi connectivity index (χ0n) is 13.3. The van der Waals surface area contributed by atoms with E-state index in [1.165, 1.54) is 0 Å². The van der Waals surface area contributed by atoms with Crippen LogP contribution in [0.5, 0.6) is 0 Å². The average Bonchev–Trinajstić information content (AvgIpc) is 2.90. The number of fused-ring (bicyclic) bond motifs is 1. The van der Waals surface area contributed by atoms with E-state index in [0.717, 1.165) is 25.7 Å². The molecule has 3 N–H and O–H groups in total. The Morgan fingerprint density at radius 1 is 1.35 bits per heavy atom. The lowest BCUT2D eigenvalue weighted by molar-refractivity contribution is -0.126. The smallest absolute Gasteiger partial charge is 0.226 e. The molecule has 0 spiro atoms. The number of nitrogens with one attached hydrogen (secondary N) is 1. The van der Waals surface area contributed by atoms with Gasteiger partial charge in [-0.15, -0.1) is 0 Å². The number of hydrogen-bond donors (Lipinski definition) is 2. The van der Waals surface area contributed by atoms with Gasteiger partial charge in [-0.05, 0) is 51.1 Å². The molecule has 2 aromatic rings. The summed E-state index contributed by atoms with van der Waals surface area (Å²) in [5.74, 6) is 0.541. The fourth-order valence-corrected chi connectivity index (χ4v) is 3.37. The van der Waals surface area contributed by atoms with Gasteiger partial charge in [0.1, 0.15) is 5.52 Å². The molecule has 0 aromatic carbocycles. The number of halogens is 1. The third kappa shape index (κ3) is 3.24. The molecule has 1 aliphatic carbocycles. The molecule has 0 saturated heterocycles. The molecular formula is C15H21ClN6O. The van der Waals surface area contributed by atoms with Crippen molar-refractivity contribution in [3.05, 3.63) is 11.6 Å². The summed E-state index contributed by atoms with van der Waals surface area (Å²) in [4.78, 5) is 24.6. The SMILES string of the molecule is CC(C)NC(=O)C1CCC(n2cnc3c(N)nc(Cl)nc32)CC1. The third-order valence-electron chi connectivity index (χ3n) is 4.31. The van der Waals surface area contributed by atoms with Crippen molar-refractivity contribution in [3.8, 4) is 0 Å². The van der Waals surface area contributed by atoms with Gasteiger partial charge in [-0.2, -0.15) is 9.97 Å². The third-order valence-corrected chi connectivity index (χ3v) is 4.48. The topological polar surface area (TPSA) is 98.7 Å². The van der Waals surface area contributed by atoms with Crippen LogP contribution in [0.15, 0.2) is 6.33 Å². The van der Waals surface area contributed by atoms with Gasteiger partial charge < -0.3 is 15.6 Å². The van der Waals surface area contributed by atoms with Gasteiger partial charge >= 0.3 is 0 Å². The molecule has 3 rings (SSSR count). The van der Waals surface area contributed by atoms with E-state index in [9.17, 15) is 4.79 Å². The molecule has 2 aromatic heterocycles. The summed E-state index contributed by atoms with van der Waals surface area (Å²) in [6, 6.07) is 0.438. The molecule has 23 heavy (non-hydrogen) atoms. The minimum absolute atomic E-state index is 0.0896. The van der Waals surface area contributed by atoms with E-state index in [4.69, 9.17) is 17.3 Å². The number of carbonyl (C=O) groups is 1. The maximum absolute atomic E-state index is 12.1. The highest BCUT2D eigenvalue weighted by Crippen LogP contribution is 2.34. The Bertz CT molecular complexity index is 720. The first-order valence-corrected chi connectivity index (χ1v) is 8.29. The van der Waals surface area contributed by atoms with Crippen molar-refractivity contribution >= 4 is 34.5 Å². The van der Waals surface area contributed by atoms with Crippen molar-refractivity contribution in [1.29, 1.82) is 0 Å². The highest BCUT2D eigenvalue weighted by Gasteiger charge is 2.28. The fraction of sp³-hybridized carbons (Fsp3) is 0.600. The zero-order chi connectivity index (χ0) is 16.6. The average molecular weight is 337 g/mol. The maximum atomic E-state index is 12.1. The van der Waals surface area contributed by atoms with Crippen LogP contribution < -0.4 is 11.1 Å². The molecule has 7 nitrogen and oxygen atoms in total. The minimum Gasteiger partial charge on any atom is -0.382 e. The van der Waals surface area contributed by atoms with Crippen molar-refractivity contribution in [2.75, 3.05) is 5.73 Å². The van der Waals surface area contributed by atoms with Gasteiger partial charge in [-0.3, -0.25) is 4.79 Å². The Kier molecular flexibility index (Phi) is 4.39. The van der Waals surface area contributed by atoms with E-state index in [1.54, 1.807) is 6.33 Å². The quantitative estimate of drug-likeness (QED) is 0.838. The van der Waals surface area contributed by atoms with Crippen LogP contribution in [0.4, 0.5) is 5.82 Å². The number of rotatable bonds is 3. The van der Waals surface area contributed by atoms with Crippen LogP contribution in [0.1, 0.15) is 45.6 Å². The Morgan fingerprint density at radius 2 is 2.04 bits per heavy atom. The number of nitrogen functional groups attached to an aromatic ring is 1. The Morgan fingerprint density at radius 3 is 2.70 bits per heavy atom. The second kappa shape index (κ2) is 6.31. The van der Waals surface area contributed by atoms with Crippen LogP contribution >= 0.6 is 11.6 Å². The van der Waals surface area contributed by atoms with Gasteiger partial charge in [0.2, 0.25) is 11.2 Å². The largest absolute Gasteiger partial charge is 0.382 e. The highest BCUT2D eigenvalue weighted by atomic mass is 35.5. The molecule has 0 bridgehead atoms. The van der Waals surface area contributed by atoms with E-state index < -0.39 is 0 Å². The fourth-order valence-electron chi connectivity index (χ4n) is 3.20. The number of anilines is 1. The van der Waals surface area contributed by atoms with Crippen LogP contribution in [-0.4, -0.2) is 31.5 Å². The van der Waals surface area contributed by atoms with Crippen LogP contribution in [-0.2, 0) is 4.79 Å². The lowest BCUT2D eigenvalue weighted by atomic mass is 9.85. The summed E-state index contributed by atoms with van der Waals surface area (Å²) in [6.07, 6.45) is 5.27. The van der Waals surface area contributed by atoms with Gasteiger partial charge in [0.15, 0.2) is 11.5 Å². The molecule has 0 atom stereocenters. The molecule has 8 heteroatoms. The highest BCUT2D eigenvalue weighted by molar-refractivity contribution is 6.28. The first-order valence-electron chi connectivity index (χ1n) is 7.91. The molecule has 2 heterocycles. The zero-order valence-corrected chi connectivity index (χ0v) is 14.0. The summed E-state index contributed by atoms with van der Waals surface area (Å²) < 4.78 is 2.01. The van der Waals surface area contributed by atoms with Gasteiger partial charge in [0, 0.05) is 18.0 Å². The minimum atomic E-state index is 0.0896. The number of amides is 1. The summed E-state index contributed by atoms with van der Waals surface area (Å²) in [5, 5.41) is 3.12. The van der Waals surface area contributed by atoms with E-state index in [-0.39, 0.29) is 29.2 Å². The summed E-state index contributed by atoms with van der Waals surface area (Å²) in [6.45, 7) is 3.96. The molecule has 0 aliphatic heterocycles. The lowest BCUT2D eigenvalue weighted by Gasteiger charge is -2.29. The van der Waals surface area contributed by atoms with Crippen LogP contribution in [0.2, 0.25) is 5.28 Å². The van der Waals surface area contributed by atoms with Gasteiger partial charge in [0.05, 0.1) is 6.33 Å². The lowest BCUT2D eigenvalue weighted by Crippen LogP contribution is -2.37. The van der Waals surface area contributed by atoms with E-state index in [1.807, 2.05) is 18.4 Å². The Hall–Kier alpha value is -1.89. The Labute approximate surface area is 139 Å². The summed E-state index contributed by atoms with van der Waals surface area (Å²) in [5.41, 5.74) is 7.09. The summed E-state index contributed by atoms with van der Waals surface area (Å²) >= 11 is 5.91. The van der Waals surface area contributed by atoms with Gasteiger partial charge in [-0.1, -0.05) is 0 Å². The van der Waals surface area contributed by atoms with Crippen molar-refractivity contribution in [1.82, 2.24) is 24.8 Å². The number of nitrogens with zero attached hydrogens (tertiary/aromatic N) is 4. The van der Waals surface area contributed by atoms with Crippen LogP contribution in [0.3, 0.4) is 0 Å². The predicted octanol–water partition coefficient (Wildman–Crippen LogP) is 2.32. The number of carbonyl (C=O) groups excluding carboxylic acids is 1. The molecule has 1 aliphatic rings. The Balaban J connectivity index is 1.74. The molecule has 1 amide bonds. The number of aromatic nitrogens is 4. The first-order chi connectivity index (χ1) is 11.0. The number of hydrogen-bond acceptors (Lipinski definition) is 5. The van der Waals surface area contributed by atoms with Crippen molar-refractivity contribution in [2.24, 2.45) is 5.92 Å². The van der Waals surface area contributed by atoms with Gasteiger partial charge in [-0.25, -0.2) is 4.98 Å². The molecule has 0 radical (unpaired) electrons. The molecule has 124 valence electrons. The van der Waals surface area contributed by atoms with Crippen LogP contribution in [0, 0.1) is 5.92 Å². The molecule has 0 unspecified atom stereocenters. The van der Waals surface area contributed by atoms with Crippen molar-refractivity contribution in [2.45, 2.75) is 51.6 Å². The first kappa shape index (κ1) is 16.0. The van der Waals surface area contributed by atoms with E-state index >= 15 is 0 Å².